The Balaban J connectivity index is 2.23. The van der Waals surface area contributed by atoms with Crippen molar-refractivity contribution in [3.63, 3.8) is 0 Å². The van der Waals surface area contributed by atoms with Crippen molar-refractivity contribution in [1.29, 1.82) is 0 Å². The predicted octanol–water partition coefficient (Wildman–Crippen LogP) is 3.30. The fourth-order valence-electron chi connectivity index (χ4n) is 2.32. The van der Waals surface area contributed by atoms with Crippen molar-refractivity contribution >= 4 is 33.5 Å². The van der Waals surface area contributed by atoms with Crippen LogP contribution in [0.4, 0.5) is 5.69 Å². The number of ether oxygens (including phenoxy) is 2. The molecule has 1 aliphatic heterocycles. The fraction of sp³-hybridized carbons (Fsp3) is 0.500. The number of amides is 1. The summed E-state index contributed by atoms with van der Waals surface area (Å²) in [6.45, 7) is 5.36. The molecule has 22 heavy (non-hydrogen) atoms. The lowest BCUT2D eigenvalue weighted by Gasteiger charge is -2.22. The third-order valence-corrected chi connectivity index (χ3v) is 3.97. The number of esters is 1. The monoisotopic (exact) mass is 369 g/mol. The maximum atomic E-state index is 12.3. The van der Waals surface area contributed by atoms with Crippen molar-refractivity contribution in [1.82, 2.24) is 0 Å². The molecule has 120 valence electrons. The molecule has 1 heterocycles. The molecule has 0 aromatic heterocycles. The number of aryl methyl sites for hydroxylation is 1. The van der Waals surface area contributed by atoms with Crippen LogP contribution < -0.4 is 10.1 Å². The van der Waals surface area contributed by atoms with E-state index in [0.717, 1.165) is 10.0 Å². The number of carbonyl (C=O) groups excluding carboxylic acids is 2. The Morgan fingerprint density at radius 3 is 2.64 bits per heavy atom. The lowest BCUT2D eigenvalue weighted by molar-refractivity contribution is -0.161. The van der Waals surface area contributed by atoms with Crippen LogP contribution in [0.2, 0.25) is 0 Å². The number of halogens is 1. The molecule has 0 bridgehead atoms. The molecule has 0 radical (unpaired) electrons. The molecule has 1 amide bonds. The summed E-state index contributed by atoms with van der Waals surface area (Å²) in [5, 5.41) is 2.80. The fourth-order valence-corrected chi connectivity index (χ4v) is 2.88. The molecule has 0 spiro atoms. The second-order valence-corrected chi connectivity index (χ2v) is 7.11. The Labute approximate surface area is 138 Å². The van der Waals surface area contributed by atoms with Crippen LogP contribution >= 0.6 is 15.9 Å². The number of benzene rings is 1. The summed E-state index contributed by atoms with van der Waals surface area (Å²) in [5.74, 6) is -0.979. The van der Waals surface area contributed by atoms with Crippen LogP contribution in [-0.4, -0.2) is 24.6 Å². The summed E-state index contributed by atoms with van der Waals surface area (Å²) in [6, 6.07) is 3.67. The van der Waals surface area contributed by atoms with E-state index in [1.165, 1.54) is 0 Å². The van der Waals surface area contributed by atoms with E-state index in [1.807, 2.05) is 6.07 Å². The predicted molar refractivity (Wildman–Crippen MR) is 87.0 cm³/mol. The number of hydrogen-bond donors (Lipinski definition) is 1. The Morgan fingerprint density at radius 2 is 2.05 bits per heavy atom. The standard InChI is InChI=1S/C16H20BrNO4/c1-16(2,3)22-15(20)10-6-5-9-7-11(17)13(21-4)8-12(9)18-14(10)19/h7-8,10H,5-6H2,1-4H3,(H,18,19)/t10-/m1/s1. The third-order valence-electron chi connectivity index (χ3n) is 3.35. The molecule has 2 rings (SSSR count). The van der Waals surface area contributed by atoms with Gasteiger partial charge in [-0.3, -0.25) is 9.59 Å². The second-order valence-electron chi connectivity index (χ2n) is 6.26. The molecule has 1 aromatic rings. The van der Waals surface area contributed by atoms with E-state index >= 15 is 0 Å². The van der Waals surface area contributed by atoms with Gasteiger partial charge in [-0.1, -0.05) is 0 Å². The molecule has 1 aliphatic rings. The van der Waals surface area contributed by atoms with Crippen molar-refractivity contribution in [3.8, 4) is 5.75 Å². The maximum absolute atomic E-state index is 12.3. The number of anilines is 1. The summed E-state index contributed by atoms with van der Waals surface area (Å²) >= 11 is 3.43. The normalized spacial score (nSPS) is 18.0. The van der Waals surface area contributed by atoms with Gasteiger partial charge >= 0.3 is 5.97 Å². The lowest BCUT2D eigenvalue weighted by atomic mass is 10.00. The summed E-state index contributed by atoms with van der Waals surface area (Å²) in [4.78, 5) is 24.5. The first-order valence-electron chi connectivity index (χ1n) is 7.11. The minimum Gasteiger partial charge on any atom is -0.495 e. The highest BCUT2D eigenvalue weighted by Crippen LogP contribution is 2.34. The zero-order valence-electron chi connectivity index (χ0n) is 13.2. The average molecular weight is 370 g/mol. The Bertz CT molecular complexity index is 607. The zero-order chi connectivity index (χ0) is 16.5. The molecule has 0 aliphatic carbocycles. The molecule has 0 saturated carbocycles. The van der Waals surface area contributed by atoms with Gasteiger partial charge in [0.1, 0.15) is 17.3 Å². The Hall–Kier alpha value is -1.56. The van der Waals surface area contributed by atoms with Gasteiger partial charge in [-0.15, -0.1) is 0 Å². The van der Waals surface area contributed by atoms with Crippen LogP contribution in [-0.2, 0) is 20.7 Å². The summed E-state index contributed by atoms with van der Waals surface area (Å²) < 4.78 is 11.4. The Morgan fingerprint density at radius 1 is 1.36 bits per heavy atom. The summed E-state index contributed by atoms with van der Waals surface area (Å²) in [7, 11) is 1.56. The zero-order valence-corrected chi connectivity index (χ0v) is 14.7. The van der Waals surface area contributed by atoms with Crippen molar-refractivity contribution in [2.24, 2.45) is 5.92 Å². The van der Waals surface area contributed by atoms with Gasteiger partial charge in [0.15, 0.2) is 0 Å². The topological polar surface area (TPSA) is 64.6 Å². The molecule has 1 aromatic carbocycles. The van der Waals surface area contributed by atoms with Gasteiger partial charge in [0, 0.05) is 11.8 Å². The minimum absolute atomic E-state index is 0.336. The van der Waals surface area contributed by atoms with Gasteiger partial charge < -0.3 is 14.8 Å². The van der Waals surface area contributed by atoms with E-state index < -0.39 is 17.5 Å². The molecule has 6 heteroatoms. The van der Waals surface area contributed by atoms with Gasteiger partial charge in [-0.25, -0.2) is 0 Å². The van der Waals surface area contributed by atoms with Crippen molar-refractivity contribution in [3.05, 3.63) is 22.2 Å². The minimum atomic E-state index is -0.795. The first-order chi connectivity index (χ1) is 10.2. The summed E-state index contributed by atoms with van der Waals surface area (Å²) in [6.07, 6.45) is 1.03. The molecule has 0 fully saturated rings. The highest BCUT2D eigenvalue weighted by molar-refractivity contribution is 9.10. The first-order valence-corrected chi connectivity index (χ1v) is 7.90. The Kier molecular flexibility index (Phi) is 4.80. The SMILES string of the molecule is COc1cc2c(cc1Br)CC[C@@H](C(=O)OC(C)(C)C)C(=O)N2. The van der Waals surface area contributed by atoms with Crippen molar-refractivity contribution in [2.45, 2.75) is 39.2 Å². The van der Waals surface area contributed by atoms with E-state index in [-0.39, 0.29) is 5.91 Å². The molecule has 1 N–H and O–H groups in total. The number of methoxy groups -OCH3 is 1. The van der Waals surface area contributed by atoms with E-state index in [2.05, 4.69) is 21.2 Å². The number of hydrogen-bond acceptors (Lipinski definition) is 4. The van der Waals surface area contributed by atoms with Crippen LogP contribution in [0.1, 0.15) is 32.8 Å². The molecule has 0 unspecified atom stereocenters. The van der Waals surface area contributed by atoms with Crippen molar-refractivity contribution in [2.75, 3.05) is 12.4 Å². The lowest BCUT2D eigenvalue weighted by Crippen LogP contribution is -2.35. The van der Waals surface area contributed by atoms with E-state index in [4.69, 9.17) is 9.47 Å². The molecular weight excluding hydrogens is 350 g/mol. The van der Waals surface area contributed by atoms with Crippen LogP contribution in [0.25, 0.3) is 0 Å². The molecule has 0 saturated heterocycles. The molecular formula is C16H20BrNO4. The average Bonchev–Trinajstić information content (AvgIpc) is 2.54. The quantitative estimate of drug-likeness (QED) is 0.641. The third kappa shape index (κ3) is 3.80. The van der Waals surface area contributed by atoms with Crippen molar-refractivity contribution < 1.29 is 19.1 Å². The maximum Gasteiger partial charge on any atom is 0.319 e. The number of carbonyl (C=O) groups is 2. The second kappa shape index (κ2) is 6.28. The number of fused-ring (bicyclic) bond motifs is 1. The van der Waals surface area contributed by atoms with E-state index in [1.54, 1.807) is 33.9 Å². The summed E-state index contributed by atoms with van der Waals surface area (Å²) in [5.41, 5.74) is 1.03. The smallest absolute Gasteiger partial charge is 0.319 e. The highest BCUT2D eigenvalue weighted by atomic mass is 79.9. The number of rotatable bonds is 2. The van der Waals surface area contributed by atoms with E-state index in [0.29, 0.717) is 24.3 Å². The molecule has 5 nitrogen and oxygen atoms in total. The van der Waals surface area contributed by atoms with Gasteiger partial charge in [0.05, 0.1) is 11.6 Å². The largest absolute Gasteiger partial charge is 0.495 e. The highest BCUT2D eigenvalue weighted by Gasteiger charge is 2.33. The van der Waals surface area contributed by atoms with Gasteiger partial charge in [0.2, 0.25) is 5.91 Å². The van der Waals surface area contributed by atoms with Gasteiger partial charge in [0.25, 0.3) is 0 Å². The van der Waals surface area contributed by atoms with E-state index in [9.17, 15) is 9.59 Å². The van der Waals surface area contributed by atoms with Gasteiger partial charge in [-0.2, -0.15) is 0 Å². The first kappa shape index (κ1) is 16.8. The van der Waals surface area contributed by atoms with Crippen LogP contribution in [0.5, 0.6) is 5.75 Å². The van der Waals surface area contributed by atoms with Crippen LogP contribution in [0.3, 0.4) is 0 Å². The number of nitrogens with one attached hydrogen (secondary N) is 1. The van der Waals surface area contributed by atoms with Crippen LogP contribution in [0.15, 0.2) is 16.6 Å². The van der Waals surface area contributed by atoms with Gasteiger partial charge in [-0.05, 0) is 61.2 Å². The van der Waals surface area contributed by atoms with Crippen LogP contribution in [0, 0.1) is 5.92 Å². The molecule has 1 atom stereocenters.